The smallest absolute Gasteiger partial charge is 0.265 e. The molecular formula is C13H12ClNO3S. The van der Waals surface area contributed by atoms with Crippen molar-refractivity contribution in [2.45, 2.75) is 0 Å². The van der Waals surface area contributed by atoms with E-state index in [1.54, 1.807) is 37.4 Å². The molecule has 0 radical (unpaired) electrons. The third-order valence-corrected chi connectivity index (χ3v) is 3.68. The van der Waals surface area contributed by atoms with Gasteiger partial charge in [0.05, 0.1) is 29.1 Å². The molecule has 0 spiro atoms. The van der Waals surface area contributed by atoms with Crippen LogP contribution in [0.2, 0.25) is 4.34 Å². The van der Waals surface area contributed by atoms with E-state index in [0.717, 1.165) is 0 Å². The summed E-state index contributed by atoms with van der Waals surface area (Å²) in [4.78, 5) is 12.5. The summed E-state index contributed by atoms with van der Waals surface area (Å²) in [5, 5.41) is 2.77. The molecule has 2 aromatic rings. The summed E-state index contributed by atoms with van der Waals surface area (Å²) in [5.74, 6) is 0.977. The van der Waals surface area contributed by atoms with Gasteiger partial charge in [0.1, 0.15) is 11.5 Å². The number of hydrogen-bond donors (Lipinski definition) is 1. The maximum absolute atomic E-state index is 12.0. The van der Waals surface area contributed by atoms with Crippen molar-refractivity contribution in [1.29, 1.82) is 0 Å². The Morgan fingerprint density at radius 1 is 1.21 bits per heavy atom. The van der Waals surface area contributed by atoms with Crippen LogP contribution in [0, 0.1) is 0 Å². The molecule has 100 valence electrons. The van der Waals surface area contributed by atoms with Crippen LogP contribution in [-0.4, -0.2) is 20.1 Å². The van der Waals surface area contributed by atoms with Crippen LogP contribution in [0.25, 0.3) is 0 Å². The molecule has 1 amide bonds. The summed E-state index contributed by atoms with van der Waals surface area (Å²) >= 11 is 7.03. The Bertz CT molecular complexity index is 597. The van der Waals surface area contributed by atoms with Crippen molar-refractivity contribution < 1.29 is 14.3 Å². The molecule has 0 fully saturated rings. The van der Waals surface area contributed by atoms with Crippen LogP contribution in [0.5, 0.6) is 11.5 Å². The Morgan fingerprint density at radius 2 is 2.00 bits per heavy atom. The van der Waals surface area contributed by atoms with Gasteiger partial charge in [-0.2, -0.15) is 0 Å². The Kier molecular flexibility index (Phi) is 4.29. The summed E-state index contributed by atoms with van der Waals surface area (Å²) in [6.07, 6.45) is 0. The molecule has 0 aliphatic rings. The van der Waals surface area contributed by atoms with Gasteiger partial charge in [0.2, 0.25) is 0 Å². The predicted molar refractivity (Wildman–Crippen MR) is 76.8 cm³/mol. The third-order valence-electron chi connectivity index (χ3n) is 2.45. The molecule has 0 bridgehead atoms. The maximum atomic E-state index is 12.0. The summed E-state index contributed by atoms with van der Waals surface area (Å²) in [7, 11) is 3.10. The largest absolute Gasteiger partial charge is 0.497 e. The number of halogens is 1. The first-order valence-electron chi connectivity index (χ1n) is 5.42. The molecule has 0 atom stereocenters. The maximum Gasteiger partial charge on any atom is 0.265 e. The number of nitrogens with one attached hydrogen (secondary N) is 1. The van der Waals surface area contributed by atoms with Crippen LogP contribution in [0.1, 0.15) is 9.67 Å². The molecule has 1 aromatic heterocycles. The molecule has 1 N–H and O–H groups in total. The molecule has 0 unspecified atom stereocenters. The summed E-state index contributed by atoms with van der Waals surface area (Å²) in [6, 6.07) is 8.55. The molecule has 1 aromatic carbocycles. The number of amides is 1. The first-order valence-corrected chi connectivity index (χ1v) is 6.62. The second-order valence-electron chi connectivity index (χ2n) is 3.62. The minimum Gasteiger partial charge on any atom is -0.497 e. The fourth-order valence-corrected chi connectivity index (χ4v) is 2.46. The normalized spacial score (nSPS) is 10.1. The number of carbonyl (C=O) groups excluding carboxylic acids is 1. The molecule has 4 nitrogen and oxygen atoms in total. The van der Waals surface area contributed by atoms with E-state index in [4.69, 9.17) is 21.1 Å². The van der Waals surface area contributed by atoms with Crippen molar-refractivity contribution >= 4 is 34.5 Å². The first-order chi connectivity index (χ1) is 9.13. The lowest BCUT2D eigenvalue weighted by Gasteiger charge is -2.10. The summed E-state index contributed by atoms with van der Waals surface area (Å²) in [5.41, 5.74) is 0.581. The number of rotatable bonds is 4. The Hall–Kier alpha value is -1.72. The quantitative estimate of drug-likeness (QED) is 0.936. The van der Waals surface area contributed by atoms with Crippen LogP contribution in [0.15, 0.2) is 30.3 Å². The standard InChI is InChI=1S/C13H12ClNO3S/c1-17-8-3-4-9(10(7-8)18-2)15-13(16)11-5-6-12(14)19-11/h3-7H,1-2H3,(H,15,16). The van der Waals surface area contributed by atoms with E-state index in [9.17, 15) is 4.79 Å². The second kappa shape index (κ2) is 5.95. The minimum absolute atomic E-state index is 0.222. The Labute approximate surface area is 119 Å². The second-order valence-corrected chi connectivity index (χ2v) is 5.34. The van der Waals surface area contributed by atoms with Crippen LogP contribution in [0.3, 0.4) is 0 Å². The van der Waals surface area contributed by atoms with Crippen molar-refractivity contribution in [1.82, 2.24) is 0 Å². The SMILES string of the molecule is COc1ccc(NC(=O)c2ccc(Cl)s2)c(OC)c1. The number of hydrogen-bond acceptors (Lipinski definition) is 4. The third kappa shape index (κ3) is 3.19. The van der Waals surface area contributed by atoms with Gasteiger partial charge in [0, 0.05) is 6.07 Å². The van der Waals surface area contributed by atoms with Gasteiger partial charge in [0.25, 0.3) is 5.91 Å². The van der Waals surface area contributed by atoms with Gasteiger partial charge < -0.3 is 14.8 Å². The molecule has 0 saturated carbocycles. The van der Waals surface area contributed by atoms with Crippen LogP contribution in [0.4, 0.5) is 5.69 Å². The fourth-order valence-electron chi connectivity index (χ4n) is 1.52. The topological polar surface area (TPSA) is 47.6 Å². The van der Waals surface area contributed by atoms with E-state index >= 15 is 0 Å². The van der Waals surface area contributed by atoms with Crippen molar-refractivity contribution in [2.75, 3.05) is 19.5 Å². The molecule has 6 heteroatoms. The van der Waals surface area contributed by atoms with Crippen LogP contribution < -0.4 is 14.8 Å². The molecule has 19 heavy (non-hydrogen) atoms. The van der Waals surface area contributed by atoms with Crippen molar-refractivity contribution in [2.24, 2.45) is 0 Å². The lowest BCUT2D eigenvalue weighted by molar-refractivity contribution is 0.103. The minimum atomic E-state index is -0.222. The first kappa shape index (κ1) is 13.7. The highest BCUT2D eigenvalue weighted by atomic mass is 35.5. The number of ether oxygens (including phenoxy) is 2. The van der Waals surface area contributed by atoms with Crippen molar-refractivity contribution in [3.05, 3.63) is 39.5 Å². The number of thiophene rings is 1. The molecule has 0 aliphatic carbocycles. The average molecular weight is 298 g/mol. The fraction of sp³-hybridized carbons (Fsp3) is 0.154. The van der Waals surface area contributed by atoms with Gasteiger partial charge in [-0.25, -0.2) is 0 Å². The van der Waals surface area contributed by atoms with E-state index in [1.807, 2.05) is 0 Å². The number of benzene rings is 1. The number of anilines is 1. The zero-order valence-electron chi connectivity index (χ0n) is 10.4. The molecule has 0 saturated heterocycles. The average Bonchev–Trinajstić information content (AvgIpc) is 2.86. The van der Waals surface area contributed by atoms with Gasteiger partial charge in [-0.3, -0.25) is 4.79 Å². The van der Waals surface area contributed by atoms with E-state index < -0.39 is 0 Å². The highest BCUT2D eigenvalue weighted by Crippen LogP contribution is 2.30. The zero-order valence-corrected chi connectivity index (χ0v) is 12.0. The van der Waals surface area contributed by atoms with E-state index in [2.05, 4.69) is 5.32 Å². The van der Waals surface area contributed by atoms with Crippen molar-refractivity contribution in [3.8, 4) is 11.5 Å². The molecule has 2 rings (SSSR count). The van der Waals surface area contributed by atoms with E-state index in [0.29, 0.717) is 26.4 Å². The van der Waals surface area contributed by atoms with Crippen LogP contribution in [-0.2, 0) is 0 Å². The monoisotopic (exact) mass is 297 g/mol. The lowest BCUT2D eigenvalue weighted by Crippen LogP contribution is -2.11. The number of methoxy groups -OCH3 is 2. The molecular weight excluding hydrogens is 286 g/mol. The van der Waals surface area contributed by atoms with Gasteiger partial charge in [-0.15, -0.1) is 11.3 Å². The Balaban J connectivity index is 2.21. The summed E-state index contributed by atoms with van der Waals surface area (Å²) < 4.78 is 10.9. The zero-order chi connectivity index (χ0) is 13.8. The summed E-state index contributed by atoms with van der Waals surface area (Å²) in [6.45, 7) is 0. The highest BCUT2D eigenvalue weighted by molar-refractivity contribution is 7.18. The van der Waals surface area contributed by atoms with Gasteiger partial charge >= 0.3 is 0 Å². The predicted octanol–water partition coefficient (Wildman–Crippen LogP) is 3.67. The van der Waals surface area contributed by atoms with E-state index in [-0.39, 0.29) is 5.91 Å². The van der Waals surface area contributed by atoms with Crippen molar-refractivity contribution in [3.63, 3.8) is 0 Å². The molecule has 0 aliphatic heterocycles. The highest BCUT2D eigenvalue weighted by Gasteiger charge is 2.12. The van der Waals surface area contributed by atoms with Gasteiger partial charge in [0.15, 0.2) is 0 Å². The molecule has 1 heterocycles. The number of carbonyl (C=O) groups is 1. The van der Waals surface area contributed by atoms with E-state index in [1.165, 1.54) is 18.4 Å². The lowest BCUT2D eigenvalue weighted by atomic mass is 10.2. The Morgan fingerprint density at radius 3 is 2.58 bits per heavy atom. The van der Waals surface area contributed by atoms with Gasteiger partial charge in [-0.1, -0.05) is 11.6 Å². The van der Waals surface area contributed by atoms with Gasteiger partial charge in [-0.05, 0) is 24.3 Å². The van der Waals surface area contributed by atoms with Crippen LogP contribution >= 0.6 is 22.9 Å².